The quantitative estimate of drug-likeness (QED) is 0.778. The summed E-state index contributed by atoms with van der Waals surface area (Å²) in [6.45, 7) is 4.24. The van der Waals surface area contributed by atoms with Crippen LogP contribution in [0, 0.1) is 0 Å². The highest BCUT2D eigenvalue weighted by atomic mass is 16.1. The van der Waals surface area contributed by atoms with E-state index < -0.39 is 0 Å². The number of nitrogens with one attached hydrogen (secondary N) is 2. The van der Waals surface area contributed by atoms with Gasteiger partial charge in [-0.2, -0.15) is 0 Å². The summed E-state index contributed by atoms with van der Waals surface area (Å²) in [5, 5.41) is 6.13. The van der Waals surface area contributed by atoms with Crippen LogP contribution in [0.3, 0.4) is 0 Å². The molecule has 2 rings (SSSR count). The van der Waals surface area contributed by atoms with Gasteiger partial charge in [0.1, 0.15) is 11.5 Å². The van der Waals surface area contributed by atoms with Gasteiger partial charge in [0, 0.05) is 31.3 Å². The first-order chi connectivity index (χ1) is 11.6. The van der Waals surface area contributed by atoms with Crippen LogP contribution in [0.25, 0.3) is 11.4 Å². The van der Waals surface area contributed by atoms with E-state index in [1.54, 1.807) is 6.07 Å². The second kappa shape index (κ2) is 8.98. The minimum Gasteiger partial charge on any atom is -0.370 e. The summed E-state index contributed by atoms with van der Waals surface area (Å²) in [4.78, 5) is 23.4. The average Bonchev–Trinajstić information content (AvgIpc) is 2.60. The first kappa shape index (κ1) is 17.9. The van der Waals surface area contributed by atoms with Crippen molar-refractivity contribution < 1.29 is 4.79 Å². The van der Waals surface area contributed by atoms with Crippen LogP contribution in [-0.2, 0) is 0 Å². The van der Waals surface area contributed by atoms with E-state index in [2.05, 4.69) is 27.5 Å². The summed E-state index contributed by atoms with van der Waals surface area (Å²) >= 11 is 0. The van der Waals surface area contributed by atoms with Crippen molar-refractivity contribution in [3.05, 3.63) is 42.1 Å². The fourth-order valence-corrected chi connectivity index (χ4v) is 2.11. The molecule has 1 amide bonds. The normalized spacial score (nSPS) is 10.7. The number of rotatable bonds is 8. The van der Waals surface area contributed by atoms with Gasteiger partial charge in [0.25, 0.3) is 5.91 Å². The highest BCUT2D eigenvalue weighted by Gasteiger charge is 2.12. The summed E-state index contributed by atoms with van der Waals surface area (Å²) in [6, 6.07) is 11.4. The predicted molar refractivity (Wildman–Crippen MR) is 97.1 cm³/mol. The van der Waals surface area contributed by atoms with Crippen LogP contribution in [0.4, 0.5) is 5.82 Å². The van der Waals surface area contributed by atoms with E-state index in [0.717, 1.165) is 25.1 Å². The lowest BCUT2D eigenvalue weighted by Crippen LogP contribution is -2.32. The Morgan fingerprint density at radius 1 is 1.12 bits per heavy atom. The van der Waals surface area contributed by atoms with E-state index in [1.807, 2.05) is 49.3 Å². The Hall–Kier alpha value is -2.47. The van der Waals surface area contributed by atoms with Crippen LogP contribution >= 0.6 is 0 Å². The second-order valence-electron chi connectivity index (χ2n) is 5.81. The Bertz CT molecular complexity index is 658. The summed E-state index contributed by atoms with van der Waals surface area (Å²) in [6.07, 6.45) is 0.981. The molecule has 0 saturated carbocycles. The van der Waals surface area contributed by atoms with E-state index >= 15 is 0 Å². The van der Waals surface area contributed by atoms with Gasteiger partial charge < -0.3 is 15.5 Å². The maximum absolute atomic E-state index is 12.4. The summed E-state index contributed by atoms with van der Waals surface area (Å²) in [7, 11) is 3.94. The number of carbonyl (C=O) groups excluding carboxylic acids is 1. The standard InChI is InChI=1S/C18H25N5O/c1-4-10-19-16-13-15(18(24)20-11-12-23(2)3)21-17(22-16)14-8-6-5-7-9-14/h5-9,13H,4,10-12H2,1-3H3,(H,20,24)(H,19,21,22). The molecule has 0 bridgehead atoms. The molecule has 1 aromatic heterocycles. The van der Waals surface area contributed by atoms with Crippen LogP contribution < -0.4 is 10.6 Å². The number of aromatic nitrogens is 2. The van der Waals surface area contributed by atoms with Crippen LogP contribution in [-0.4, -0.2) is 54.5 Å². The summed E-state index contributed by atoms with van der Waals surface area (Å²) in [5.41, 5.74) is 1.27. The third-order valence-electron chi connectivity index (χ3n) is 3.39. The van der Waals surface area contributed by atoms with Crippen molar-refractivity contribution in [2.75, 3.05) is 39.0 Å². The van der Waals surface area contributed by atoms with Gasteiger partial charge in [0.2, 0.25) is 0 Å². The molecule has 0 unspecified atom stereocenters. The van der Waals surface area contributed by atoms with Gasteiger partial charge in [-0.25, -0.2) is 9.97 Å². The maximum atomic E-state index is 12.4. The molecule has 0 atom stereocenters. The Balaban J connectivity index is 2.24. The first-order valence-electron chi connectivity index (χ1n) is 8.21. The number of anilines is 1. The van der Waals surface area contributed by atoms with Gasteiger partial charge in [-0.15, -0.1) is 0 Å². The maximum Gasteiger partial charge on any atom is 0.270 e. The lowest BCUT2D eigenvalue weighted by molar-refractivity contribution is 0.0946. The van der Waals surface area contributed by atoms with Gasteiger partial charge in [-0.1, -0.05) is 37.3 Å². The smallest absolute Gasteiger partial charge is 0.270 e. The fourth-order valence-electron chi connectivity index (χ4n) is 2.11. The van der Waals surface area contributed by atoms with E-state index in [-0.39, 0.29) is 5.91 Å². The molecule has 2 aromatic rings. The minimum atomic E-state index is -0.184. The minimum absolute atomic E-state index is 0.184. The Morgan fingerprint density at radius 3 is 2.54 bits per heavy atom. The number of amides is 1. The molecule has 0 aliphatic carbocycles. The lowest BCUT2D eigenvalue weighted by atomic mass is 10.2. The van der Waals surface area contributed by atoms with Crippen LogP contribution in [0.2, 0.25) is 0 Å². The molecule has 1 aromatic carbocycles. The summed E-state index contributed by atoms with van der Waals surface area (Å²) in [5.74, 6) is 1.04. The monoisotopic (exact) mass is 327 g/mol. The lowest BCUT2D eigenvalue weighted by Gasteiger charge is -2.12. The van der Waals surface area contributed by atoms with Crippen LogP contribution in [0.5, 0.6) is 0 Å². The SMILES string of the molecule is CCCNc1cc(C(=O)NCCN(C)C)nc(-c2ccccc2)n1. The number of carbonyl (C=O) groups is 1. The molecule has 2 N–H and O–H groups in total. The third-order valence-corrected chi connectivity index (χ3v) is 3.39. The molecule has 24 heavy (non-hydrogen) atoms. The topological polar surface area (TPSA) is 70.2 Å². The Labute approximate surface area is 143 Å². The summed E-state index contributed by atoms with van der Waals surface area (Å²) < 4.78 is 0. The molecule has 0 aliphatic heterocycles. The predicted octanol–water partition coefficient (Wildman–Crippen LogP) is 2.26. The van der Waals surface area contributed by atoms with Crippen LogP contribution in [0.1, 0.15) is 23.8 Å². The van der Waals surface area contributed by atoms with Crippen molar-refractivity contribution in [2.24, 2.45) is 0 Å². The molecule has 128 valence electrons. The molecule has 0 aliphatic rings. The molecular formula is C18H25N5O. The zero-order chi connectivity index (χ0) is 17.4. The molecule has 1 heterocycles. The van der Waals surface area contributed by atoms with Gasteiger partial charge in [0.05, 0.1) is 0 Å². The Kier molecular flexibility index (Phi) is 6.69. The zero-order valence-corrected chi connectivity index (χ0v) is 14.5. The Morgan fingerprint density at radius 2 is 1.88 bits per heavy atom. The number of hydrogen-bond donors (Lipinski definition) is 2. The van der Waals surface area contributed by atoms with E-state index in [0.29, 0.717) is 23.9 Å². The molecule has 6 heteroatoms. The molecule has 0 spiro atoms. The fraction of sp³-hybridized carbons (Fsp3) is 0.389. The van der Waals surface area contributed by atoms with Crippen molar-refractivity contribution >= 4 is 11.7 Å². The third kappa shape index (κ3) is 5.31. The first-order valence-corrected chi connectivity index (χ1v) is 8.21. The molecule has 0 radical (unpaired) electrons. The highest BCUT2D eigenvalue weighted by molar-refractivity contribution is 5.93. The highest BCUT2D eigenvalue weighted by Crippen LogP contribution is 2.17. The van der Waals surface area contributed by atoms with Gasteiger partial charge >= 0.3 is 0 Å². The van der Waals surface area contributed by atoms with Crippen molar-refractivity contribution in [3.63, 3.8) is 0 Å². The number of likely N-dealkylation sites (N-methyl/N-ethyl adjacent to an activating group) is 1. The van der Waals surface area contributed by atoms with Crippen molar-refractivity contribution in [1.29, 1.82) is 0 Å². The second-order valence-corrected chi connectivity index (χ2v) is 5.81. The number of hydrogen-bond acceptors (Lipinski definition) is 5. The van der Waals surface area contributed by atoms with E-state index in [4.69, 9.17) is 0 Å². The van der Waals surface area contributed by atoms with Crippen LogP contribution in [0.15, 0.2) is 36.4 Å². The van der Waals surface area contributed by atoms with E-state index in [9.17, 15) is 4.79 Å². The number of benzene rings is 1. The van der Waals surface area contributed by atoms with Gasteiger partial charge in [-0.05, 0) is 20.5 Å². The van der Waals surface area contributed by atoms with Gasteiger partial charge in [0.15, 0.2) is 5.82 Å². The molecule has 6 nitrogen and oxygen atoms in total. The molecule has 0 saturated heterocycles. The molecular weight excluding hydrogens is 302 g/mol. The van der Waals surface area contributed by atoms with Crippen molar-refractivity contribution in [1.82, 2.24) is 20.2 Å². The van der Waals surface area contributed by atoms with E-state index in [1.165, 1.54) is 0 Å². The number of nitrogens with zero attached hydrogens (tertiary/aromatic N) is 3. The molecule has 0 fully saturated rings. The average molecular weight is 327 g/mol. The van der Waals surface area contributed by atoms with Crippen molar-refractivity contribution in [2.45, 2.75) is 13.3 Å². The van der Waals surface area contributed by atoms with Gasteiger partial charge in [-0.3, -0.25) is 4.79 Å². The largest absolute Gasteiger partial charge is 0.370 e. The zero-order valence-electron chi connectivity index (χ0n) is 14.5. The van der Waals surface area contributed by atoms with Crippen molar-refractivity contribution in [3.8, 4) is 11.4 Å².